The second kappa shape index (κ2) is 11.7. The average Bonchev–Trinajstić information content (AvgIpc) is 3.45. The number of benzene rings is 2. The molecule has 2 heterocycles. The fourth-order valence-corrected chi connectivity index (χ4v) is 8.21. The Morgan fingerprint density at radius 1 is 0.973 bits per heavy atom. The molecule has 0 aromatic heterocycles. The van der Waals surface area contributed by atoms with Gasteiger partial charge in [0.15, 0.2) is 0 Å². The number of carbonyl (C=O) groups is 1. The number of sulfonamides is 2. The van der Waals surface area contributed by atoms with Gasteiger partial charge in [-0.25, -0.2) is 16.8 Å². The van der Waals surface area contributed by atoms with Gasteiger partial charge in [0.1, 0.15) is 10.6 Å². The number of carbonyl (C=O) groups excluding carboxylic acids is 1. The van der Waals surface area contributed by atoms with Crippen molar-refractivity contribution in [1.29, 1.82) is 0 Å². The summed E-state index contributed by atoms with van der Waals surface area (Å²) in [6.07, 6.45) is 3.46. The molecule has 202 valence electrons. The molecule has 2 fully saturated rings. The van der Waals surface area contributed by atoms with E-state index in [0.29, 0.717) is 45.4 Å². The number of rotatable bonds is 9. The lowest BCUT2D eigenvalue weighted by Gasteiger charge is -2.31. The Bertz CT molecular complexity index is 1330. The Hall–Kier alpha value is -2.18. The summed E-state index contributed by atoms with van der Waals surface area (Å²) in [5, 5.41) is 3.19. The number of piperidine rings is 1. The van der Waals surface area contributed by atoms with E-state index in [9.17, 15) is 21.6 Å². The first kappa shape index (κ1) is 27.8. The van der Waals surface area contributed by atoms with Gasteiger partial charge in [0, 0.05) is 37.7 Å². The topological polar surface area (TPSA) is 113 Å². The zero-order valence-electron chi connectivity index (χ0n) is 20.7. The maximum atomic E-state index is 13.3. The van der Waals surface area contributed by atoms with Gasteiger partial charge in [-0.2, -0.15) is 8.61 Å². The van der Waals surface area contributed by atoms with Crippen LogP contribution in [0.15, 0.2) is 52.3 Å². The number of hydrogen-bond donors (Lipinski definition) is 1. The van der Waals surface area contributed by atoms with Crippen LogP contribution >= 0.6 is 11.6 Å². The molecule has 1 N–H and O–H groups in total. The van der Waals surface area contributed by atoms with E-state index in [2.05, 4.69) is 5.32 Å². The summed E-state index contributed by atoms with van der Waals surface area (Å²) in [5.41, 5.74) is 0.904. The van der Waals surface area contributed by atoms with Crippen molar-refractivity contribution in [3.8, 4) is 5.75 Å². The van der Waals surface area contributed by atoms with Crippen LogP contribution in [0.2, 0.25) is 5.02 Å². The molecule has 2 aliphatic heterocycles. The summed E-state index contributed by atoms with van der Waals surface area (Å²) < 4.78 is 59.9. The summed E-state index contributed by atoms with van der Waals surface area (Å²) in [6, 6.07) is 11.2. The molecule has 1 amide bonds. The van der Waals surface area contributed by atoms with Gasteiger partial charge in [-0.05, 0) is 68.0 Å². The molecule has 0 saturated carbocycles. The summed E-state index contributed by atoms with van der Waals surface area (Å²) in [7, 11) is -5.94. The number of nitrogens with one attached hydrogen (secondary N) is 1. The quantitative estimate of drug-likeness (QED) is 0.497. The van der Waals surface area contributed by atoms with Crippen LogP contribution in [0.1, 0.15) is 31.2 Å². The van der Waals surface area contributed by atoms with Gasteiger partial charge >= 0.3 is 0 Å². The third-order valence-corrected chi connectivity index (χ3v) is 10.9. The van der Waals surface area contributed by atoms with Gasteiger partial charge in [-0.1, -0.05) is 23.7 Å². The van der Waals surface area contributed by atoms with Crippen LogP contribution < -0.4 is 10.1 Å². The largest absolute Gasteiger partial charge is 0.495 e. The first-order valence-corrected chi connectivity index (χ1v) is 15.6. The van der Waals surface area contributed by atoms with E-state index in [0.717, 1.165) is 18.4 Å². The normalized spacial score (nSPS) is 19.6. The van der Waals surface area contributed by atoms with E-state index in [1.807, 2.05) is 0 Å². The van der Waals surface area contributed by atoms with Crippen molar-refractivity contribution in [2.45, 2.75) is 41.9 Å². The minimum Gasteiger partial charge on any atom is -0.495 e. The minimum atomic E-state index is -3.89. The lowest BCUT2D eigenvalue weighted by Crippen LogP contribution is -2.45. The number of hydrogen-bond acceptors (Lipinski definition) is 6. The number of halogens is 1. The summed E-state index contributed by atoms with van der Waals surface area (Å²) in [6.45, 7) is 1.87. The monoisotopic (exact) mass is 569 g/mol. The van der Waals surface area contributed by atoms with Gasteiger partial charge in [-0.3, -0.25) is 4.79 Å². The summed E-state index contributed by atoms with van der Waals surface area (Å²) >= 11 is 6.03. The lowest BCUT2D eigenvalue weighted by atomic mass is 9.99. The van der Waals surface area contributed by atoms with Crippen molar-refractivity contribution in [2.24, 2.45) is 5.92 Å². The van der Waals surface area contributed by atoms with Crippen LogP contribution in [-0.2, 0) is 31.3 Å². The van der Waals surface area contributed by atoms with Crippen molar-refractivity contribution >= 4 is 37.6 Å². The van der Waals surface area contributed by atoms with Gasteiger partial charge in [-0.15, -0.1) is 0 Å². The maximum Gasteiger partial charge on any atom is 0.246 e. The standard InChI is InChI=1S/C25H32ClN3O6S2/c1-35-23-11-8-21(26)17-24(23)37(33,34)29-16-4-5-20(18-29)25(30)27-13-12-19-6-9-22(10-7-19)36(31,32)28-14-2-3-15-28/h6-11,17,20H,2-5,12-16,18H2,1H3,(H,27,30)/t20-/m1/s1. The first-order valence-electron chi connectivity index (χ1n) is 12.3. The number of nitrogens with zero attached hydrogens (tertiary/aromatic N) is 2. The Morgan fingerprint density at radius 2 is 1.65 bits per heavy atom. The molecule has 2 aliphatic rings. The molecule has 2 aromatic rings. The molecular weight excluding hydrogens is 538 g/mol. The molecule has 0 bridgehead atoms. The molecule has 0 unspecified atom stereocenters. The highest BCUT2D eigenvalue weighted by Gasteiger charge is 2.35. The number of ether oxygens (including phenoxy) is 1. The van der Waals surface area contributed by atoms with Crippen molar-refractivity contribution in [3.63, 3.8) is 0 Å². The van der Waals surface area contributed by atoms with Gasteiger partial charge < -0.3 is 10.1 Å². The number of methoxy groups -OCH3 is 1. The fourth-order valence-electron chi connectivity index (χ4n) is 4.75. The predicted octanol–water partition coefficient (Wildman–Crippen LogP) is 2.89. The third-order valence-electron chi connectivity index (χ3n) is 6.84. The predicted molar refractivity (Wildman–Crippen MR) is 141 cm³/mol. The molecule has 9 nitrogen and oxygen atoms in total. The summed E-state index contributed by atoms with van der Waals surface area (Å²) in [4.78, 5) is 13.1. The molecule has 1 atom stereocenters. The van der Waals surface area contributed by atoms with Crippen LogP contribution in [0, 0.1) is 5.92 Å². The van der Waals surface area contributed by atoms with Crippen molar-refractivity contribution in [3.05, 3.63) is 53.1 Å². The van der Waals surface area contributed by atoms with Crippen LogP contribution in [0.25, 0.3) is 0 Å². The van der Waals surface area contributed by atoms with E-state index < -0.39 is 26.0 Å². The molecular formula is C25H32ClN3O6S2. The molecule has 0 spiro atoms. The van der Waals surface area contributed by atoms with E-state index in [4.69, 9.17) is 16.3 Å². The molecule has 4 rings (SSSR count). The second-order valence-electron chi connectivity index (χ2n) is 9.29. The van der Waals surface area contributed by atoms with Crippen molar-refractivity contribution in [2.75, 3.05) is 39.8 Å². The van der Waals surface area contributed by atoms with Crippen LogP contribution in [0.3, 0.4) is 0 Å². The van der Waals surface area contributed by atoms with Crippen molar-refractivity contribution < 1.29 is 26.4 Å². The minimum absolute atomic E-state index is 0.0150. The highest BCUT2D eigenvalue weighted by atomic mass is 35.5. The van der Waals surface area contributed by atoms with E-state index in [1.165, 1.54) is 27.9 Å². The van der Waals surface area contributed by atoms with Crippen LogP contribution in [-0.4, -0.2) is 71.2 Å². The van der Waals surface area contributed by atoms with E-state index in [-0.39, 0.29) is 33.0 Å². The first-order chi connectivity index (χ1) is 17.6. The Labute approximate surface area is 223 Å². The molecule has 37 heavy (non-hydrogen) atoms. The third kappa shape index (κ3) is 6.28. The fraction of sp³-hybridized carbons (Fsp3) is 0.480. The van der Waals surface area contributed by atoms with Gasteiger partial charge in [0.25, 0.3) is 0 Å². The number of amides is 1. The van der Waals surface area contributed by atoms with Crippen molar-refractivity contribution in [1.82, 2.24) is 13.9 Å². The highest BCUT2D eigenvalue weighted by molar-refractivity contribution is 7.89. The Kier molecular flexibility index (Phi) is 8.80. The zero-order chi connectivity index (χ0) is 26.6. The SMILES string of the molecule is COc1ccc(Cl)cc1S(=O)(=O)N1CCC[C@@H](C(=O)NCCc2ccc(S(=O)(=O)N3CCCC3)cc2)C1. The van der Waals surface area contributed by atoms with E-state index >= 15 is 0 Å². The summed E-state index contributed by atoms with van der Waals surface area (Å²) in [5.74, 6) is -0.469. The average molecular weight is 570 g/mol. The van der Waals surface area contributed by atoms with E-state index in [1.54, 1.807) is 30.3 Å². The molecule has 0 radical (unpaired) electrons. The van der Waals surface area contributed by atoms with Gasteiger partial charge in [0.2, 0.25) is 26.0 Å². The molecule has 2 saturated heterocycles. The Morgan fingerprint density at radius 3 is 2.32 bits per heavy atom. The Balaban J connectivity index is 1.33. The second-order valence-corrected chi connectivity index (χ2v) is 13.6. The highest BCUT2D eigenvalue weighted by Crippen LogP contribution is 2.32. The molecule has 2 aromatic carbocycles. The van der Waals surface area contributed by atoms with Gasteiger partial charge in [0.05, 0.1) is 17.9 Å². The van der Waals surface area contributed by atoms with Crippen LogP contribution in [0.5, 0.6) is 5.75 Å². The maximum absolute atomic E-state index is 13.3. The van der Waals surface area contributed by atoms with Crippen LogP contribution in [0.4, 0.5) is 0 Å². The zero-order valence-corrected chi connectivity index (χ0v) is 23.1. The molecule has 12 heteroatoms. The molecule has 0 aliphatic carbocycles. The lowest BCUT2D eigenvalue weighted by molar-refractivity contribution is -0.126. The smallest absolute Gasteiger partial charge is 0.246 e.